The molecular weight excluding hydrogens is 448 g/mol. The second-order valence-electron chi connectivity index (χ2n) is 6.98. The molecule has 0 fully saturated rings. The van der Waals surface area contributed by atoms with Gasteiger partial charge in [-0.15, -0.1) is 0 Å². The molecule has 1 aromatic heterocycles. The number of nitrogens with zero attached hydrogens (tertiary/aromatic N) is 2. The maximum Gasteiger partial charge on any atom is 0.329 e. The third-order valence-corrected chi connectivity index (χ3v) is 5.27. The Labute approximate surface area is 183 Å². The summed E-state index contributed by atoms with van der Waals surface area (Å²) in [5, 5.41) is 5.53. The molecule has 7 nitrogen and oxygen atoms in total. The first-order chi connectivity index (χ1) is 14.5. The summed E-state index contributed by atoms with van der Waals surface area (Å²) in [7, 11) is 0. The number of rotatable bonds is 9. The number of nitrogens with one attached hydrogen (secondary N) is 2. The molecule has 1 heterocycles. The van der Waals surface area contributed by atoms with E-state index >= 15 is 0 Å². The number of hydrogen-bond acceptors (Lipinski definition) is 3. The fourth-order valence-corrected chi connectivity index (χ4v) is 3.57. The Balaban J connectivity index is 1.50. The number of aryl methyl sites for hydroxylation is 2. The van der Waals surface area contributed by atoms with E-state index in [0.717, 1.165) is 21.9 Å². The highest BCUT2D eigenvalue weighted by Crippen LogP contribution is 2.15. The first-order valence-corrected chi connectivity index (χ1v) is 10.8. The van der Waals surface area contributed by atoms with Gasteiger partial charge in [-0.1, -0.05) is 35.0 Å². The zero-order valence-electron chi connectivity index (χ0n) is 16.9. The van der Waals surface area contributed by atoms with Crippen molar-refractivity contribution < 1.29 is 9.59 Å². The Morgan fingerprint density at radius 2 is 1.53 bits per heavy atom. The smallest absolute Gasteiger partial charge is 0.329 e. The van der Waals surface area contributed by atoms with Crippen molar-refractivity contribution >= 4 is 44.5 Å². The van der Waals surface area contributed by atoms with Gasteiger partial charge in [0.1, 0.15) is 0 Å². The normalized spacial score (nSPS) is 10.9. The molecule has 3 aromatic rings. The molecule has 0 aliphatic carbocycles. The number of fused-ring (bicyclic) bond motifs is 1. The maximum atomic E-state index is 12.7. The van der Waals surface area contributed by atoms with Gasteiger partial charge in [0.05, 0.1) is 11.0 Å². The lowest BCUT2D eigenvalue weighted by Crippen LogP contribution is -2.30. The number of benzene rings is 2. The molecule has 158 valence electrons. The van der Waals surface area contributed by atoms with Gasteiger partial charge in [0.25, 0.3) is 0 Å². The van der Waals surface area contributed by atoms with Gasteiger partial charge in [-0.05, 0) is 42.8 Å². The first kappa shape index (κ1) is 21.8. The van der Waals surface area contributed by atoms with Crippen LogP contribution in [0, 0.1) is 0 Å². The largest absolute Gasteiger partial charge is 0.356 e. The SMILES string of the molecule is CCCn1c(=O)n(CCC(=O)NCCC(=O)Nc2ccc(Br)cc2)c2ccccc21. The number of anilines is 1. The quantitative estimate of drug-likeness (QED) is 0.499. The van der Waals surface area contributed by atoms with E-state index in [4.69, 9.17) is 0 Å². The van der Waals surface area contributed by atoms with Crippen molar-refractivity contribution in [1.29, 1.82) is 0 Å². The van der Waals surface area contributed by atoms with Crippen molar-refractivity contribution in [1.82, 2.24) is 14.5 Å². The van der Waals surface area contributed by atoms with Crippen molar-refractivity contribution in [3.8, 4) is 0 Å². The van der Waals surface area contributed by atoms with Crippen LogP contribution >= 0.6 is 15.9 Å². The third-order valence-electron chi connectivity index (χ3n) is 4.74. The fraction of sp³-hybridized carbons (Fsp3) is 0.318. The number of imidazole rings is 1. The molecule has 0 saturated heterocycles. The number of carbonyl (C=O) groups is 2. The van der Waals surface area contributed by atoms with E-state index in [0.29, 0.717) is 18.8 Å². The number of carbonyl (C=O) groups excluding carboxylic acids is 2. The van der Waals surface area contributed by atoms with Gasteiger partial charge in [0.2, 0.25) is 11.8 Å². The van der Waals surface area contributed by atoms with Crippen LogP contribution in [-0.4, -0.2) is 27.5 Å². The second kappa shape index (κ2) is 10.2. The molecule has 8 heteroatoms. The van der Waals surface area contributed by atoms with Crippen molar-refractivity contribution in [2.75, 3.05) is 11.9 Å². The average molecular weight is 473 g/mol. The topological polar surface area (TPSA) is 85.1 Å². The minimum atomic E-state index is -0.189. The fourth-order valence-electron chi connectivity index (χ4n) is 3.30. The molecule has 0 bridgehead atoms. The van der Waals surface area contributed by atoms with E-state index in [1.807, 2.05) is 43.3 Å². The molecular formula is C22H25BrN4O3. The lowest BCUT2D eigenvalue weighted by atomic mass is 10.3. The molecule has 3 rings (SSSR count). The Kier molecular flexibility index (Phi) is 7.46. The Morgan fingerprint density at radius 3 is 2.17 bits per heavy atom. The summed E-state index contributed by atoms with van der Waals surface area (Å²) < 4.78 is 4.33. The van der Waals surface area contributed by atoms with Crippen LogP contribution in [0.25, 0.3) is 11.0 Å². The standard InChI is InChI=1S/C22H25BrN4O3/c1-2-14-26-18-5-3-4-6-19(18)27(22(26)30)15-12-20(28)24-13-11-21(29)25-17-9-7-16(23)8-10-17/h3-10H,2,11-15H2,1H3,(H,24,28)(H,25,29). The molecule has 0 aliphatic rings. The minimum absolute atomic E-state index is 0.0975. The Morgan fingerprint density at radius 1 is 0.900 bits per heavy atom. The van der Waals surface area contributed by atoms with Gasteiger partial charge in [0, 0.05) is 42.6 Å². The van der Waals surface area contributed by atoms with Crippen molar-refractivity contribution in [3.05, 3.63) is 63.5 Å². The Hall–Kier alpha value is -2.87. The van der Waals surface area contributed by atoms with Crippen LogP contribution in [0.4, 0.5) is 5.69 Å². The summed E-state index contributed by atoms with van der Waals surface area (Å²) in [6, 6.07) is 14.9. The van der Waals surface area contributed by atoms with Gasteiger partial charge in [-0.25, -0.2) is 4.79 Å². The van der Waals surface area contributed by atoms with Crippen LogP contribution < -0.4 is 16.3 Å². The highest BCUT2D eigenvalue weighted by molar-refractivity contribution is 9.10. The van der Waals surface area contributed by atoms with Crippen LogP contribution in [0.5, 0.6) is 0 Å². The van der Waals surface area contributed by atoms with Crippen LogP contribution in [0.15, 0.2) is 57.8 Å². The number of para-hydroxylation sites is 2. The Bertz CT molecular complexity index is 1090. The van der Waals surface area contributed by atoms with Crippen molar-refractivity contribution in [2.24, 2.45) is 0 Å². The van der Waals surface area contributed by atoms with E-state index in [2.05, 4.69) is 26.6 Å². The van der Waals surface area contributed by atoms with Gasteiger partial charge in [-0.3, -0.25) is 18.7 Å². The molecule has 2 N–H and O–H groups in total. The predicted octanol–water partition coefficient (Wildman–Crippen LogP) is 3.51. The van der Waals surface area contributed by atoms with E-state index in [-0.39, 0.29) is 36.9 Å². The second-order valence-corrected chi connectivity index (χ2v) is 7.90. The lowest BCUT2D eigenvalue weighted by molar-refractivity contribution is -0.121. The van der Waals surface area contributed by atoms with Gasteiger partial charge < -0.3 is 10.6 Å². The van der Waals surface area contributed by atoms with Gasteiger partial charge in [0.15, 0.2) is 0 Å². The summed E-state index contributed by atoms with van der Waals surface area (Å²) in [4.78, 5) is 36.9. The summed E-state index contributed by atoms with van der Waals surface area (Å²) in [5.74, 6) is -0.359. The van der Waals surface area contributed by atoms with E-state index < -0.39 is 0 Å². The minimum Gasteiger partial charge on any atom is -0.356 e. The van der Waals surface area contributed by atoms with Crippen molar-refractivity contribution in [3.63, 3.8) is 0 Å². The predicted molar refractivity (Wildman–Crippen MR) is 122 cm³/mol. The zero-order valence-corrected chi connectivity index (χ0v) is 18.4. The summed E-state index contributed by atoms with van der Waals surface area (Å²) in [6.07, 6.45) is 1.21. The van der Waals surface area contributed by atoms with Crippen molar-refractivity contribution in [2.45, 2.75) is 39.3 Å². The molecule has 0 radical (unpaired) electrons. The lowest BCUT2D eigenvalue weighted by Gasteiger charge is -2.07. The third kappa shape index (κ3) is 5.38. The molecule has 2 amide bonds. The number of hydrogen-bond donors (Lipinski definition) is 2. The monoisotopic (exact) mass is 472 g/mol. The highest BCUT2D eigenvalue weighted by Gasteiger charge is 2.13. The van der Waals surface area contributed by atoms with Crippen LogP contribution in [0.1, 0.15) is 26.2 Å². The maximum absolute atomic E-state index is 12.7. The van der Waals surface area contributed by atoms with Crippen LogP contribution in [0.2, 0.25) is 0 Å². The average Bonchev–Trinajstić information content (AvgIpc) is 3.00. The molecule has 0 spiro atoms. The van der Waals surface area contributed by atoms with Crippen LogP contribution in [-0.2, 0) is 22.7 Å². The van der Waals surface area contributed by atoms with E-state index in [9.17, 15) is 14.4 Å². The van der Waals surface area contributed by atoms with E-state index in [1.165, 1.54) is 0 Å². The zero-order chi connectivity index (χ0) is 21.5. The first-order valence-electron chi connectivity index (χ1n) is 9.99. The molecule has 0 saturated carbocycles. The van der Waals surface area contributed by atoms with E-state index in [1.54, 1.807) is 21.3 Å². The van der Waals surface area contributed by atoms with Gasteiger partial charge in [-0.2, -0.15) is 0 Å². The summed E-state index contributed by atoms with van der Waals surface area (Å²) in [5.41, 5.74) is 2.32. The van der Waals surface area contributed by atoms with Gasteiger partial charge >= 0.3 is 5.69 Å². The molecule has 0 unspecified atom stereocenters. The molecule has 0 aliphatic heterocycles. The summed E-state index contributed by atoms with van der Waals surface area (Å²) >= 11 is 3.34. The molecule has 0 atom stereocenters. The number of aromatic nitrogens is 2. The highest BCUT2D eigenvalue weighted by atomic mass is 79.9. The summed E-state index contributed by atoms with van der Waals surface area (Å²) in [6.45, 7) is 3.21. The number of amides is 2. The molecule has 2 aromatic carbocycles. The number of halogens is 1. The molecule has 30 heavy (non-hydrogen) atoms. The van der Waals surface area contributed by atoms with Crippen LogP contribution in [0.3, 0.4) is 0 Å².